The van der Waals surface area contributed by atoms with Gasteiger partial charge in [-0.15, -0.1) is 0 Å². The summed E-state index contributed by atoms with van der Waals surface area (Å²) in [6, 6.07) is 15.7. The van der Waals surface area contributed by atoms with E-state index in [1.807, 2.05) is 19.9 Å². The van der Waals surface area contributed by atoms with Crippen LogP contribution in [0, 0.1) is 24.0 Å². The molecule has 1 unspecified atom stereocenters. The van der Waals surface area contributed by atoms with Gasteiger partial charge < -0.3 is 13.9 Å². The Bertz CT molecular complexity index is 1140. The minimum absolute atomic E-state index is 0. The summed E-state index contributed by atoms with van der Waals surface area (Å²) >= 11 is 0. The Morgan fingerprint density at radius 2 is 1.45 bits per heavy atom. The fourth-order valence-corrected chi connectivity index (χ4v) is 3.64. The van der Waals surface area contributed by atoms with Crippen molar-refractivity contribution in [2.45, 2.75) is 13.8 Å². The van der Waals surface area contributed by atoms with E-state index in [2.05, 4.69) is 0 Å². The summed E-state index contributed by atoms with van der Waals surface area (Å²) in [4.78, 5) is 35.0. The van der Waals surface area contributed by atoms with Crippen LogP contribution in [-0.2, 0) is 4.57 Å². The molecule has 0 radical (unpaired) electrons. The number of hydrogen-bond donors (Lipinski definition) is 0. The molecule has 3 aromatic carbocycles. The van der Waals surface area contributed by atoms with Crippen LogP contribution in [0.15, 0.2) is 66.7 Å². The summed E-state index contributed by atoms with van der Waals surface area (Å²) in [6.45, 7) is 3.63. The van der Waals surface area contributed by atoms with E-state index in [1.54, 1.807) is 12.1 Å². The number of nitro benzene ring substituents is 1. The fraction of sp³-hybridized carbons (Fsp3) is 0.0952. The van der Waals surface area contributed by atoms with Crippen molar-refractivity contribution < 1.29 is 57.8 Å². The second-order valence-electron chi connectivity index (χ2n) is 6.61. The van der Waals surface area contributed by atoms with Crippen LogP contribution in [0.5, 0.6) is 11.5 Å². The Kier molecular flexibility index (Phi) is 8.17. The third kappa shape index (κ3) is 6.75. The van der Waals surface area contributed by atoms with Gasteiger partial charge in [-0.05, 0) is 61.4 Å². The number of hydrogen-bond acceptors (Lipinski definition) is 7. The largest absolute Gasteiger partial charge is 1.00 e. The van der Waals surface area contributed by atoms with Crippen molar-refractivity contribution in [1.29, 1.82) is 0 Å². The van der Waals surface area contributed by atoms with Crippen LogP contribution in [0.2, 0.25) is 0 Å². The molecule has 0 aliphatic heterocycles. The van der Waals surface area contributed by atoms with E-state index in [-0.39, 0.29) is 57.9 Å². The Morgan fingerprint density at radius 1 is 0.871 bits per heavy atom. The molecule has 0 aliphatic rings. The number of phosphoric ester groups is 1. The first-order chi connectivity index (χ1) is 14.1. The zero-order chi connectivity index (χ0) is 21.9. The Labute approximate surface area is 200 Å². The smallest absolute Gasteiger partial charge is 0.736 e. The number of carbonyl (C=O) groups is 1. The van der Waals surface area contributed by atoms with Crippen LogP contribution in [0.4, 0.5) is 5.69 Å². The number of aryl methyl sites for hydroxylation is 2. The van der Waals surface area contributed by atoms with E-state index in [0.717, 1.165) is 11.1 Å². The average molecular weight is 449 g/mol. The van der Waals surface area contributed by atoms with Crippen LogP contribution in [0.25, 0.3) is 0 Å². The van der Waals surface area contributed by atoms with Gasteiger partial charge in [0.05, 0.1) is 4.92 Å². The monoisotopic (exact) mass is 449 g/mol. The molecule has 0 fully saturated rings. The summed E-state index contributed by atoms with van der Waals surface area (Å²) in [7, 11) is -4.70. The summed E-state index contributed by atoms with van der Waals surface area (Å²) in [6.07, 6.45) is 0. The van der Waals surface area contributed by atoms with E-state index in [1.165, 1.54) is 48.5 Å². The van der Waals surface area contributed by atoms with Crippen LogP contribution in [0.3, 0.4) is 0 Å². The van der Waals surface area contributed by atoms with Crippen molar-refractivity contribution in [3.05, 3.63) is 99.1 Å². The van der Waals surface area contributed by atoms with Gasteiger partial charge in [-0.1, -0.05) is 18.2 Å². The molecule has 0 aromatic heterocycles. The van der Waals surface area contributed by atoms with Gasteiger partial charge in [-0.3, -0.25) is 14.9 Å². The standard InChI is InChI=1S/C21H18NO7P.Na/c1-14-10-15(2)12-20(11-14)29-30(26,27)28-19-8-6-16(7-9-19)21(23)17-4-3-5-18(13-17)22(24)25;/h3-13H,1-2H3,(H,26,27);/q;+1/p-1. The third-order valence-electron chi connectivity index (χ3n) is 4.07. The Balaban J connectivity index is 0.00000341. The molecule has 0 saturated carbocycles. The van der Waals surface area contributed by atoms with E-state index < -0.39 is 18.5 Å². The molecule has 0 spiro atoms. The van der Waals surface area contributed by atoms with Gasteiger partial charge in [0.2, 0.25) is 0 Å². The molecular weight excluding hydrogens is 432 g/mol. The first-order valence-corrected chi connectivity index (χ1v) is 10.3. The molecule has 0 amide bonds. The van der Waals surface area contributed by atoms with Crippen molar-refractivity contribution in [3.8, 4) is 11.5 Å². The molecule has 0 saturated heterocycles. The van der Waals surface area contributed by atoms with Gasteiger partial charge in [0, 0.05) is 23.3 Å². The van der Waals surface area contributed by atoms with Crippen LogP contribution in [0.1, 0.15) is 27.0 Å². The number of ketones is 1. The molecule has 154 valence electrons. The molecule has 31 heavy (non-hydrogen) atoms. The maximum absolute atomic E-state index is 12.5. The topological polar surface area (TPSA) is 119 Å². The maximum Gasteiger partial charge on any atom is 1.00 e. The van der Waals surface area contributed by atoms with Gasteiger partial charge in [0.1, 0.15) is 11.5 Å². The molecule has 3 aromatic rings. The molecule has 1 atom stereocenters. The quantitative estimate of drug-likeness (QED) is 0.176. The van der Waals surface area contributed by atoms with Crippen molar-refractivity contribution in [1.82, 2.24) is 0 Å². The summed E-state index contributed by atoms with van der Waals surface area (Å²) in [5, 5.41) is 10.9. The van der Waals surface area contributed by atoms with E-state index in [9.17, 15) is 24.4 Å². The van der Waals surface area contributed by atoms with E-state index in [4.69, 9.17) is 9.05 Å². The molecule has 0 bridgehead atoms. The van der Waals surface area contributed by atoms with Gasteiger partial charge in [0.25, 0.3) is 5.69 Å². The van der Waals surface area contributed by atoms with E-state index in [0.29, 0.717) is 0 Å². The fourth-order valence-electron chi connectivity index (χ4n) is 2.86. The van der Waals surface area contributed by atoms with Gasteiger partial charge in [-0.25, -0.2) is 4.57 Å². The predicted octanol–water partition coefficient (Wildman–Crippen LogP) is 1.37. The molecular formula is C21H17NNaO7P. The van der Waals surface area contributed by atoms with Gasteiger partial charge >= 0.3 is 37.4 Å². The minimum atomic E-state index is -4.70. The zero-order valence-corrected chi connectivity index (χ0v) is 20.0. The molecule has 0 N–H and O–H groups in total. The van der Waals surface area contributed by atoms with Crippen molar-refractivity contribution in [2.75, 3.05) is 0 Å². The Morgan fingerprint density at radius 3 is 2.03 bits per heavy atom. The number of phosphoric acid groups is 1. The molecule has 10 heteroatoms. The summed E-state index contributed by atoms with van der Waals surface area (Å²) in [5.41, 5.74) is 1.85. The number of rotatable bonds is 7. The first-order valence-electron chi connectivity index (χ1n) is 8.81. The van der Waals surface area contributed by atoms with Crippen LogP contribution < -0.4 is 43.5 Å². The van der Waals surface area contributed by atoms with Gasteiger partial charge in [0.15, 0.2) is 5.78 Å². The number of non-ortho nitro benzene ring substituents is 1. The van der Waals surface area contributed by atoms with Crippen molar-refractivity contribution in [2.24, 2.45) is 0 Å². The number of benzene rings is 3. The molecule has 0 aliphatic carbocycles. The molecule has 3 rings (SSSR count). The number of carbonyl (C=O) groups excluding carboxylic acids is 1. The average Bonchev–Trinajstić information content (AvgIpc) is 2.66. The zero-order valence-electron chi connectivity index (χ0n) is 17.1. The Hall–Kier alpha value is -2.48. The normalized spacial score (nSPS) is 12.2. The summed E-state index contributed by atoms with van der Waals surface area (Å²) < 4.78 is 22.1. The predicted molar refractivity (Wildman–Crippen MR) is 108 cm³/mol. The third-order valence-corrected chi connectivity index (χ3v) is 4.93. The summed E-state index contributed by atoms with van der Waals surface area (Å²) in [5.74, 6) is -0.335. The van der Waals surface area contributed by atoms with Crippen molar-refractivity contribution in [3.63, 3.8) is 0 Å². The van der Waals surface area contributed by atoms with Crippen LogP contribution in [-0.4, -0.2) is 10.7 Å². The van der Waals surface area contributed by atoms with E-state index >= 15 is 0 Å². The second kappa shape index (κ2) is 10.2. The molecule has 0 heterocycles. The van der Waals surface area contributed by atoms with Gasteiger partial charge in [-0.2, -0.15) is 0 Å². The maximum atomic E-state index is 12.5. The minimum Gasteiger partial charge on any atom is -0.736 e. The number of nitrogens with zero attached hydrogens (tertiary/aromatic N) is 1. The SMILES string of the molecule is Cc1cc(C)cc(OP(=O)([O-])Oc2ccc(C(=O)c3cccc([N+](=O)[O-])c3)cc2)c1.[Na+]. The van der Waals surface area contributed by atoms with Crippen molar-refractivity contribution >= 4 is 19.3 Å². The van der Waals surface area contributed by atoms with Crippen LogP contribution >= 0.6 is 7.82 Å². The molecule has 8 nitrogen and oxygen atoms in total. The second-order valence-corrected chi connectivity index (χ2v) is 7.87. The number of nitro groups is 1. The first kappa shape index (κ1) is 24.8.